The van der Waals surface area contributed by atoms with Gasteiger partial charge in [-0.05, 0) is 38.4 Å². The Bertz CT molecular complexity index is 1210. The van der Waals surface area contributed by atoms with Gasteiger partial charge < -0.3 is 24.3 Å². The number of likely N-dealkylation sites (tertiary alicyclic amines) is 1. The predicted molar refractivity (Wildman–Crippen MR) is 122 cm³/mol. The second kappa shape index (κ2) is 9.44. The molecule has 8 nitrogen and oxygen atoms in total. The number of rotatable bonds is 6. The van der Waals surface area contributed by atoms with Gasteiger partial charge in [0.2, 0.25) is 0 Å². The summed E-state index contributed by atoms with van der Waals surface area (Å²) in [6.07, 6.45) is 4.96. The Hall–Kier alpha value is -3.04. The number of fused-ring (bicyclic) bond motifs is 2. The average molecular weight is 454 g/mol. The fourth-order valence-electron chi connectivity index (χ4n) is 4.56. The molecule has 33 heavy (non-hydrogen) atoms. The third-order valence-corrected chi connectivity index (χ3v) is 6.39. The zero-order valence-electron chi connectivity index (χ0n) is 18.7. The molecular formula is C24H28FN5O3. The predicted octanol–water partition coefficient (Wildman–Crippen LogP) is 2.26. The van der Waals surface area contributed by atoms with Gasteiger partial charge in [-0.15, -0.1) is 0 Å². The van der Waals surface area contributed by atoms with Gasteiger partial charge in [0, 0.05) is 43.9 Å². The highest BCUT2D eigenvalue weighted by atomic mass is 19.1. The minimum absolute atomic E-state index is 0.115. The molecule has 2 aliphatic heterocycles. The van der Waals surface area contributed by atoms with Crippen LogP contribution in [0.2, 0.25) is 0 Å². The van der Waals surface area contributed by atoms with Gasteiger partial charge in [0.1, 0.15) is 19.0 Å². The Morgan fingerprint density at radius 1 is 1.06 bits per heavy atom. The zero-order chi connectivity index (χ0) is 22.8. The van der Waals surface area contributed by atoms with Crippen molar-refractivity contribution in [2.45, 2.75) is 38.9 Å². The SMILES string of the molecule is Cc1cc(=O)n(CCN2CCC(NCc3cc4c(cn3)OCCO4)CC2)c2cc(F)cnc12. The first-order valence-electron chi connectivity index (χ1n) is 11.4. The van der Waals surface area contributed by atoms with Gasteiger partial charge in [0.05, 0.1) is 29.1 Å². The molecule has 3 aromatic heterocycles. The number of piperidine rings is 1. The smallest absolute Gasteiger partial charge is 0.251 e. The second-order valence-corrected chi connectivity index (χ2v) is 8.65. The lowest BCUT2D eigenvalue weighted by Crippen LogP contribution is -2.43. The molecule has 0 amide bonds. The van der Waals surface area contributed by atoms with Gasteiger partial charge in [0.15, 0.2) is 11.5 Å². The van der Waals surface area contributed by atoms with Crippen molar-refractivity contribution in [1.82, 2.24) is 24.8 Å². The molecule has 5 heterocycles. The molecule has 0 radical (unpaired) electrons. The number of nitrogens with zero attached hydrogens (tertiary/aromatic N) is 4. The number of hydrogen-bond donors (Lipinski definition) is 1. The lowest BCUT2D eigenvalue weighted by Gasteiger charge is -2.32. The maximum Gasteiger partial charge on any atom is 0.251 e. The Morgan fingerprint density at radius 2 is 1.85 bits per heavy atom. The molecule has 0 saturated carbocycles. The molecule has 9 heteroatoms. The van der Waals surface area contributed by atoms with E-state index in [0.717, 1.165) is 49.5 Å². The van der Waals surface area contributed by atoms with E-state index in [2.05, 4.69) is 20.2 Å². The summed E-state index contributed by atoms with van der Waals surface area (Å²) >= 11 is 0. The first-order chi connectivity index (χ1) is 16.1. The fraction of sp³-hybridized carbons (Fsp3) is 0.458. The number of nitrogens with one attached hydrogen (secondary N) is 1. The van der Waals surface area contributed by atoms with E-state index in [1.54, 1.807) is 16.8 Å². The van der Waals surface area contributed by atoms with Crippen molar-refractivity contribution in [2.24, 2.45) is 0 Å². The molecule has 2 aliphatic rings. The van der Waals surface area contributed by atoms with Crippen LogP contribution >= 0.6 is 0 Å². The van der Waals surface area contributed by atoms with Crippen LogP contribution in [-0.4, -0.2) is 58.3 Å². The molecule has 0 bridgehead atoms. The zero-order valence-corrected chi connectivity index (χ0v) is 18.7. The molecule has 3 aromatic rings. The van der Waals surface area contributed by atoms with Crippen LogP contribution in [0.1, 0.15) is 24.1 Å². The van der Waals surface area contributed by atoms with Crippen molar-refractivity contribution < 1.29 is 13.9 Å². The van der Waals surface area contributed by atoms with Crippen LogP contribution < -0.4 is 20.3 Å². The van der Waals surface area contributed by atoms with Gasteiger partial charge in [-0.25, -0.2) is 4.39 Å². The largest absolute Gasteiger partial charge is 0.486 e. The van der Waals surface area contributed by atoms with Crippen molar-refractivity contribution in [1.29, 1.82) is 0 Å². The third-order valence-electron chi connectivity index (χ3n) is 6.39. The molecule has 1 fully saturated rings. The average Bonchev–Trinajstić information content (AvgIpc) is 2.83. The second-order valence-electron chi connectivity index (χ2n) is 8.65. The van der Waals surface area contributed by atoms with E-state index < -0.39 is 5.82 Å². The highest BCUT2D eigenvalue weighted by Crippen LogP contribution is 2.29. The van der Waals surface area contributed by atoms with E-state index in [4.69, 9.17) is 9.47 Å². The maximum absolute atomic E-state index is 13.8. The van der Waals surface area contributed by atoms with E-state index >= 15 is 0 Å². The monoisotopic (exact) mass is 453 g/mol. The number of aromatic nitrogens is 3. The Kier molecular flexibility index (Phi) is 6.24. The molecule has 0 aromatic carbocycles. The summed E-state index contributed by atoms with van der Waals surface area (Å²) in [5.74, 6) is 1.04. The Labute approximate surface area is 191 Å². The van der Waals surface area contributed by atoms with Gasteiger partial charge in [0.25, 0.3) is 5.56 Å². The molecule has 0 atom stereocenters. The highest BCUT2D eigenvalue weighted by Gasteiger charge is 2.20. The van der Waals surface area contributed by atoms with Crippen molar-refractivity contribution in [3.05, 3.63) is 58.0 Å². The summed E-state index contributed by atoms with van der Waals surface area (Å²) in [4.78, 5) is 23.6. The summed E-state index contributed by atoms with van der Waals surface area (Å²) in [5.41, 5.74) is 2.82. The quantitative estimate of drug-likeness (QED) is 0.613. The van der Waals surface area contributed by atoms with Crippen LogP contribution in [0.5, 0.6) is 11.5 Å². The van der Waals surface area contributed by atoms with Crippen LogP contribution in [0.4, 0.5) is 4.39 Å². The lowest BCUT2D eigenvalue weighted by atomic mass is 10.0. The first kappa shape index (κ1) is 21.8. The minimum atomic E-state index is -0.430. The highest BCUT2D eigenvalue weighted by molar-refractivity contribution is 5.77. The standard InChI is InChI=1S/C24H28FN5O3/c1-16-10-23(31)30(20-11-17(25)13-28-24(16)20)7-6-29-4-2-18(3-5-29)26-14-19-12-21-22(15-27-19)33-9-8-32-21/h10-13,15,18,26H,2-9,14H2,1H3. The normalized spacial score (nSPS) is 16.9. The van der Waals surface area contributed by atoms with Crippen LogP contribution in [-0.2, 0) is 13.1 Å². The molecule has 0 spiro atoms. The van der Waals surface area contributed by atoms with Crippen LogP contribution in [0, 0.1) is 12.7 Å². The molecule has 1 N–H and O–H groups in total. The Morgan fingerprint density at radius 3 is 2.67 bits per heavy atom. The van der Waals surface area contributed by atoms with Gasteiger partial charge in [-0.3, -0.25) is 14.8 Å². The summed E-state index contributed by atoms with van der Waals surface area (Å²) in [5, 5.41) is 3.59. The third kappa shape index (κ3) is 4.84. The van der Waals surface area contributed by atoms with Gasteiger partial charge in [-0.1, -0.05) is 0 Å². The molecule has 174 valence electrons. The first-order valence-corrected chi connectivity index (χ1v) is 11.4. The molecule has 0 unspecified atom stereocenters. The van der Waals surface area contributed by atoms with Gasteiger partial charge in [-0.2, -0.15) is 0 Å². The van der Waals surface area contributed by atoms with E-state index in [-0.39, 0.29) is 5.56 Å². The number of pyridine rings is 3. The maximum atomic E-state index is 13.8. The summed E-state index contributed by atoms with van der Waals surface area (Å²) in [6.45, 7) is 6.79. The fourth-order valence-corrected chi connectivity index (χ4v) is 4.56. The minimum Gasteiger partial charge on any atom is -0.486 e. The van der Waals surface area contributed by atoms with Crippen molar-refractivity contribution >= 4 is 11.0 Å². The summed E-state index contributed by atoms with van der Waals surface area (Å²) < 4.78 is 26.6. The number of aryl methyl sites for hydroxylation is 1. The van der Waals surface area contributed by atoms with Crippen LogP contribution in [0.15, 0.2) is 35.4 Å². The summed E-state index contributed by atoms with van der Waals surface area (Å²) in [7, 11) is 0. The molecule has 1 saturated heterocycles. The number of halogens is 1. The summed E-state index contributed by atoms with van der Waals surface area (Å²) in [6, 6.07) is 5.34. The topological polar surface area (TPSA) is 81.5 Å². The van der Waals surface area contributed by atoms with Crippen molar-refractivity contribution in [3.8, 4) is 11.5 Å². The van der Waals surface area contributed by atoms with Crippen LogP contribution in [0.25, 0.3) is 11.0 Å². The molecular weight excluding hydrogens is 425 g/mol. The van der Waals surface area contributed by atoms with Crippen LogP contribution in [0.3, 0.4) is 0 Å². The van der Waals surface area contributed by atoms with E-state index in [1.165, 1.54) is 12.3 Å². The number of ether oxygens (including phenoxy) is 2. The Balaban J connectivity index is 1.14. The van der Waals surface area contributed by atoms with E-state index in [0.29, 0.717) is 49.1 Å². The lowest BCUT2D eigenvalue weighted by molar-refractivity contribution is 0.170. The van der Waals surface area contributed by atoms with Crippen molar-refractivity contribution in [3.63, 3.8) is 0 Å². The van der Waals surface area contributed by atoms with E-state index in [1.807, 2.05) is 13.0 Å². The molecule has 0 aliphatic carbocycles. The van der Waals surface area contributed by atoms with Crippen molar-refractivity contribution in [2.75, 3.05) is 32.8 Å². The van der Waals surface area contributed by atoms with E-state index in [9.17, 15) is 9.18 Å². The van der Waals surface area contributed by atoms with Gasteiger partial charge >= 0.3 is 0 Å². The number of hydrogen-bond acceptors (Lipinski definition) is 7. The molecule has 5 rings (SSSR count).